The second kappa shape index (κ2) is 9.80. The monoisotopic (exact) mass is 557 g/mol. The number of ketones is 1. The van der Waals surface area contributed by atoms with E-state index in [0.29, 0.717) is 34.2 Å². The second-order valence-electron chi connectivity index (χ2n) is 10.8. The van der Waals surface area contributed by atoms with Crippen LogP contribution in [0.5, 0.6) is 0 Å². The molecule has 0 aliphatic heterocycles. The third-order valence-corrected chi connectivity index (χ3v) is 7.96. The standard InChI is InChI=1S/C36H23N5O2/c1-36(2)29-19-24(18-27-31(30(20-37)38-3)25-16-10-11-17-26(25)32(27)42)43-33(29)28-21-39-35(40-34(28)36)41(22-12-6-4-7-13-22)23-14-8-5-9-15-23/h4-19,21H,1-2H3/b27-18-,31-30-. The number of nitrogens with zero attached hydrogens (tertiary/aromatic N) is 5. The van der Waals surface area contributed by atoms with Gasteiger partial charge in [0.15, 0.2) is 5.78 Å². The van der Waals surface area contributed by atoms with Crippen molar-refractivity contribution in [3.63, 3.8) is 0 Å². The van der Waals surface area contributed by atoms with Gasteiger partial charge in [-0.3, -0.25) is 9.69 Å². The molecule has 0 saturated carbocycles. The van der Waals surface area contributed by atoms with Crippen LogP contribution in [-0.2, 0) is 5.41 Å². The highest BCUT2D eigenvalue weighted by molar-refractivity contribution is 6.29. The number of allylic oxidation sites excluding steroid dienone is 3. The van der Waals surface area contributed by atoms with Crippen molar-refractivity contribution in [3.05, 3.63) is 148 Å². The van der Waals surface area contributed by atoms with Crippen LogP contribution in [0.2, 0.25) is 0 Å². The molecule has 0 unspecified atom stereocenters. The molecule has 2 heterocycles. The lowest BCUT2D eigenvalue weighted by atomic mass is 9.86. The molecular weight excluding hydrogens is 534 g/mol. The third-order valence-electron chi connectivity index (χ3n) is 7.96. The molecule has 7 nitrogen and oxygen atoms in total. The second-order valence-corrected chi connectivity index (χ2v) is 10.8. The number of benzene rings is 3. The number of carbonyl (C=O) groups excluding carboxylic acids is 1. The van der Waals surface area contributed by atoms with Crippen molar-refractivity contribution < 1.29 is 9.21 Å². The quantitative estimate of drug-likeness (QED) is 0.126. The number of carbonyl (C=O) groups is 1. The maximum Gasteiger partial charge on any atom is 0.270 e. The topological polar surface area (TPSA) is 87.4 Å². The summed E-state index contributed by atoms with van der Waals surface area (Å²) in [5, 5.41) is 9.66. The Bertz CT molecular complexity index is 2040. The van der Waals surface area contributed by atoms with Crippen LogP contribution in [-0.4, -0.2) is 15.8 Å². The van der Waals surface area contributed by atoms with E-state index in [-0.39, 0.29) is 17.1 Å². The van der Waals surface area contributed by atoms with Gasteiger partial charge in [-0.05, 0) is 55.8 Å². The van der Waals surface area contributed by atoms with Gasteiger partial charge in [-0.1, -0.05) is 60.7 Å². The first kappa shape index (κ1) is 25.9. The van der Waals surface area contributed by atoms with Gasteiger partial charge >= 0.3 is 0 Å². The van der Waals surface area contributed by atoms with E-state index in [0.717, 1.165) is 28.2 Å². The fourth-order valence-corrected chi connectivity index (χ4v) is 5.90. The van der Waals surface area contributed by atoms with Gasteiger partial charge in [0.1, 0.15) is 11.5 Å². The maximum absolute atomic E-state index is 13.4. The van der Waals surface area contributed by atoms with Gasteiger partial charge in [-0.2, -0.15) is 0 Å². The van der Waals surface area contributed by atoms with Crippen LogP contribution in [0, 0.1) is 17.9 Å². The van der Waals surface area contributed by atoms with Crippen LogP contribution < -0.4 is 4.90 Å². The number of Topliss-reactive ketones (excluding diaryl/α,β-unsaturated/α-hetero) is 1. The molecule has 2 aliphatic carbocycles. The summed E-state index contributed by atoms with van der Waals surface area (Å²) in [4.78, 5) is 28.7. The SMILES string of the molecule is [C-]#[N+]/C(C#N)=C1\C(=C\c2cc3c(o2)-c2cnc(N(c4ccccc4)c4ccccc4)nc2C3(C)C)C(=O)c2ccccc21. The summed E-state index contributed by atoms with van der Waals surface area (Å²) in [7, 11) is 0. The molecule has 2 aliphatic rings. The number of para-hydroxylation sites is 2. The van der Waals surface area contributed by atoms with Crippen molar-refractivity contribution in [1.82, 2.24) is 9.97 Å². The smallest absolute Gasteiger partial charge is 0.270 e. The summed E-state index contributed by atoms with van der Waals surface area (Å²) in [6.45, 7) is 11.7. The van der Waals surface area contributed by atoms with Gasteiger partial charge in [-0.15, -0.1) is 0 Å². The van der Waals surface area contributed by atoms with Crippen LogP contribution in [0.15, 0.2) is 113 Å². The summed E-state index contributed by atoms with van der Waals surface area (Å²) in [5.41, 5.74) is 5.44. The summed E-state index contributed by atoms with van der Waals surface area (Å²) < 4.78 is 6.36. The minimum Gasteiger partial charge on any atom is -0.456 e. The molecule has 7 heteroatoms. The first-order chi connectivity index (χ1) is 20.9. The molecule has 204 valence electrons. The average Bonchev–Trinajstić information content (AvgIpc) is 3.65. The third kappa shape index (κ3) is 3.99. The molecule has 7 rings (SSSR count). The lowest BCUT2D eigenvalue weighted by Crippen LogP contribution is -2.20. The molecule has 0 saturated heterocycles. The Morgan fingerprint density at radius 2 is 1.58 bits per heavy atom. The summed E-state index contributed by atoms with van der Waals surface area (Å²) >= 11 is 0. The van der Waals surface area contributed by atoms with Gasteiger partial charge < -0.3 is 4.42 Å². The molecule has 0 spiro atoms. The lowest BCUT2D eigenvalue weighted by Gasteiger charge is -2.25. The maximum atomic E-state index is 13.4. The van der Waals surface area contributed by atoms with Gasteiger partial charge in [0.25, 0.3) is 5.70 Å². The Balaban J connectivity index is 1.33. The highest BCUT2D eigenvalue weighted by Crippen LogP contribution is 2.50. The van der Waals surface area contributed by atoms with E-state index in [1.165, 1.54) is 0 Å². The number of hydrogen-bond acceptors (Lipinski definition) is 6. The zero-order valence-electron chi connectivity index (χ0n) is 23.4. The number of hydrogen-bond donors (Lipinski definition) is 0. The zero-order valence-corrected chi connectivity index (χ0v) is 23.4. The highest BCUT2D eigenvalue weighted by Gasteiger charge is 2.42. The number of fused-ring (bicyclic) bond motifs is 4. The van der Waals surface area contributed by atoms with Crippen molar-refractivity contribution in [3.8, 4) is 17.4 Å². The minimum atomic E-state index is -0.517. The van der Waals surface area contributed by atoms with E-state index in [1.54, 1.807) is 36.5 Å². The van der Waals surface area contributed by atoms with Gasteiger partial charge in [0.2, 0.25) is 5.95 Å². The van der Waals surface area contributed by atoms with Crippen molar-refractivity contribution in [1.29, 1.82) is 5.26 Å². The van der Waals surface area contributed by atoms with Crippen LogP contribution in [0.25, 0.3) is 27.8 Å². The lowest BCUT2D eigenvalue weighted by molar-refractivity contribution is 0.104. The van der Waals surface area contributed by atoms with E-state index in [9.17, 15) is 10.1 Å². The predicted molar refractivity (Wildman–Crippen MR) is 164 cm³/mol. The number of anilines is 3. The van der Waals surface area contributed by atoms with E-state index in [2.05, 4.69) is 18.7 Å². The molecule has 0 bridgehead atoms. The highest BCUT2D eigenvalue weighted by atomic mass is 16.3. The fraction of sp³-hybridized carbons (Fsp3) is 0.0833. The molecule has 5 aromatic rings. The summed E-state index contributed by atoms with van der Waals surface area (Å²) in [5.74, 6) is 1.40. The minimum absolute atomic E-state index is 0.128. The van der Waals surface area contributed by atoms with Crippen LogP contribution in [0.4, 0.5) is 17.3 Å². The Hall–Kier alpha value is -6.05. The number of rotatable bonds is 4. The molecule has 0 fully saturated rings. The normalized spacial score (nSPS) is 16.2. The first-order valence-corrected chi connectivity index (χ1v) is 13.7. The van der Waals surface area contributed by atoms with E-state index in [4.69, 9.17) is 21.0 Å². The number of nitriles is 1. The van der Waals surface area contributed by atoms with Gasteiger partial charge in [-0.25, -0.2) is 20.1 Å². The Morgan fingerprint density at radius 3 is 2.21 bits per heavy atom. The largest absolute Gasteiger partial charge is 0.456 e. The molecule has 0 N–H and O–H groups in total. The van der Waals surface area contributed by atoms with E-state index < -0.39 is 5.41 Å². The van der Waals surface area contributed by atoms with Crippen molar-refractivity contribution in [2.24, 2.45) is 0 Å². The molecule has 0 radical (unpaired) electrons. The predicted octanol–water partition coefficient (Wildman–Crippen LogP) is 8.28. The Kier molecular flexibility index (Phi) is 5.90. The Morgan fingerprint density at radius 1 is 0.953 bits per heavy atom. The molecule has 2 aromatic heterocycles. The zero-order chi connectivity index (χ0) is 29.7. The summed E-state index contributed by atoms with van der Waals surface area (Å²) in [6.07, 6.45) is 3.43. The molecule has 43 heavy (non-hydrogen) atoms. The molecule has 0 atom stereocenters. The van der Waals surface area contributed by atoms with Crippen molar-refractivity contribution >= 4 is 34.8 Å². The van der Waals surface area contributed by atoms with Crippen LogP contribution in [0.1, 0.15) is 46.8 Å². The number of furan rings is 1. The van der Waals surface area contributed by atoms with Gasteiger partial charge in [0.05, 0.1) is 23.9 Å². The van der Waals surface area contributed by atoms with E-state index >= 15 is 0 Å². The van der Waals surface area contributed by atoms with Gasteiger partial charge in [0, 0.05) is 45.3 Å². The molecular formula is C36H23N5O2. The molecule has 0 amide bonds. The van der Waals surface area contributed by atoms with Crippen molar-refractivity contribution in [2.75, 3.05) is 4.90 Å². The van der Waals surface area contributed by atoms with Crippen molar-refractivity contribution in [2.45, 2.75) is 19.3 Å². The average molecular weight is 558 g/mol. The fourth-order valence-electron chi connectivity index (χ4n) is 5.90. The van der Waals surface area contributed by atoms with E-state index in [1.807, 2.05) is 77.7 Å². The van der Waals surface area contributed by atoms with Crippen LogP contribution in [0.3, 0.4) is 0 Å². The van der Waals surface area contributed by atoms with Crippen LogP contribution >= 0.6 is 0 Å². The summed E-state index contributed by atoms with van der Waals surface area (Å²) in [6, 6.07) is 30.9. The first-order valence-electron chi connectivity index (χ1n) is 13.7. The Labute approximate surface area is 248 Å². The molecule has 3 aromatic carbocycles. The number of aromatic nitrogens is 2.